The number of hydrogen-bond acceptors (Lipinski definition) is 0. The zero-order valence-corrected chi connectivity index (χ0v) is 8.93. The van der Waals surface area contributed by atoms with E-state index in [-0.39, 0.29) is 0 Å². The molecule has 0 N–H and O–H groups in total. The molecule has 1 atom stereocenters. The van der Waals surface area contributed by atoms with Gasteiger partial charge in [0.2, 0.25) is 0 Å². The molecule has 0 radical (unpaired) electrons. The molecule has 70 valence electrons. The van der Waals surface area contributed by atoms with Crippen molar-refractivity contribution in [3.8, 4) is 0 Å². The Hall–Kier alpha value is -0.520. The van der Waals surface area contributed by atoms with E-state index in [0.29, 0.717) is 5.41 Å². The highest BCUT2D eigenvalue weighted by Gasteiger charge is 2.15. The Morgan fingerprint density at radius 2 is 1.83 bits per heavy atom. The Balaban J connectivity index is 4.13. The molecule has 0 aromatic rings. The lowest BCUT2D eigenvalue weighted by Crippen LogP contribution is -2.09. The third-order valence-corrected chi connectivity index (χ3v) is 2.38. The molecule has 0 aromatic heterocycles. The second kappa shape index (κ2) is 6.05. The first kappa shape index (κ1) is 11.5. The predicted octanol–water partition coefficient (Wildman–Crippen LogP) is 4.34. The quantitative estimate of drug-likeness (QED) is 0.533. The van der Waals surface area contributed by atoms with E-state index in [2.05, 4.69) is 52.0 Å². The van der Waals surface area contributed by atoms with E-state index >= 15 is 0 Å². The summed E-state index contributed by atoms with van der Waals surface area (Å²) in [5.41, 5.74) is 0.377. The fourth-order valence-electron chi connectivity index (χ4n) is 1.12. The number of allylic oxidation sites excluding steroid dienone is 4. The molecule has 0 aliphatic heterocycles. The van der Waals surface area contributed by atoms with E-state index in [9.17, 15) is 0 Å². The van der Waals surface area contributed by atoms with Crippen molar-refractivity contribution < 1.29 is 0 Å². The van der Waals surface area contributed by atoms with Gasteiger partial charge in [-0.15, -0.1) is 0 Å². The summed E-state index contributed by atoms with van der Waals surface area (Å²) in [6, 6.07) is 0. The van der Waals surface area contributed by atoms with Crippen LogP contribution in [0.3, 0.4) is 0 Å². The van der Waals surface area contributed by atoms with Gasteiger partial charge in [0.05, 0.1) is 0 Å². The van der Waals surface area contributed by atoms with E-state index in [4.69, 9.17) is 0 Å². The van der Waals surface area contributed by atoms with Crippen LogP contribution in [-0.4, -0.2) is 0 Å². The molecule has 0 rings (SSSR count). The van der Waals surface area contributed by atoms with E-state index in [1.165, 1.54) is 6.42 Å². The summed E-state index contributed by atoms with van der Waals surface area (Å²) < 4.78 is 0. The topological polar surface area (TPSA) is 0 Å². The average Bonchev–Trinajstić information content (AvgIpc) is 2.11. The average molecular weight is 166 g/mol. The van der Waals surface area contributed by atoms with Crippen molar-refractivity contribution in [3.05, 3.63) is 24.3 Å². The fourth-order valence-corrected chi connectivity index (χ4v) is 1.12. The molecule has 0 saturated heterocycles. The summed E-state index contributed by atoms with van der Waals surface area (Å²) in [5.74, 6) is 0. The highest BCUT2D eigenvalue weighted by atomic mass is 14.2. The Morgan fingerprint density at radius 3 is 2.25 bits per heavy atom. The standard InChI is InChI=1S/C12H22/c1-5-8-10-12(4,7-3)11-9-6-2/h5,8-9,11H,6-7,10H2,1-4H3. The minimum absolute atomic E-state index is 0.377. The number of hydrogen-bond donors (Lipinski definition) is 0. The number of rotatable bonds is 5. The second-order valence-electron chi connectivity index (χ2n) is 3.59. The van der Waals surface area contributed by atoms with Gasteiger partial charge in [0.25, 0.3) is 0 Å². The summed E-state index contributed by atoms with van der Waals surface area (Å²) in [5, 5.41) is 0. The second-order valence-corrected chi connectivity index (χ2v) is 3.59. The third kappa shape index (κ3) is 4.38. The van der Waals surface area contributed by atoms with Crippen LogP contribution in [0, 0.1) is 5.41 Å². The molecule has 1 unspecified atom stereocenters. The van der Waals surface area contributed by atoms with E-state index in [1.54, 1.807) is 0 Å². The third-order valence-electron chi connectivity index (χ3n) is 2.38. The van der Waals surface area contributed by atoms with Gasteiger partial charge in [-0.2, -0.15) is 0 Å². The molecule has 0 spiro atoms. The smallest absolute Gasteiger partial charge is 0.0115 e. The van der Waals surface area contributed by atoms with Crippen LogP contribution in [0.5, 0.6) is 0 Å². The van der Waals surface area contributed by atoms with Crippen LogP contribution >= 0.6 is 0 Å². The molecule has 0 heteroatoms. The SMILES string of the molecule is CC=CCC(C)(C=CCC)CC. The van der Waals surface area contributed by atoms with E-state index in [1.807, 2.05) is 0 Å². The van der Waals surface area contributed by atoms with Gasteiger partial charge >= 0.3 is 0 Å². The van der Waals surface area contributed by atoms with Gasteiger partial charge in [-0.3, -0.25) is 0 Å². The van der Waals surface area contributed by atoms with Crippen molar-refractivity contribution >= 4 is 0 Å². The summed E-state index contributed by atoms with van der Waals surface area (Å²) >= 11 is 0. The molecular formula is C12H22. The van der Waals surface area contributed by atoms with Crippen molar-refractivity contribution in [2.24, 2.45) is 5.41 Å². The molecular weight excluding hydrogens is 144 g/mol. The Kier molecular flexibility index (Phi) is 5.79. The lowest BCUT2D eigenvalue weighted by Gasteiger charge is -2.22. The normalized spacial score (nSPS) is 17.3. The van der Waals surface area contributed by atoms with Gasteiger partial charge in [-0.25, -0.2) is 0 Å². The minimum atomic E-state index is 0.377. The van der Waals surface area contributed by atoms with Crippen LogP contribution < -0.4 is 0 Å². The molecule has 0 heterocycles. The van der Waals surface area contributed by atoms with E-state index in [0.717, 1.165) is 12.8 Å². The lowest BCUT2D eigenvalue weighted by atomic mass is 9.83. The molecule has 0 saturated carbocycles. The summed E-state index contributed by atoms with van der Waals surface area (Å²) in [4.78, 5) is 0. The molecule has 0 amide bonds. The first-order chi connectivity index (χ1) is 5.68. The van der Waals surface area contributed by atoms with Crippen molar-refractivity contribution in [1.82, 2.24) is 0 Å². The van der Waals surface area contributed by atoms with Crippen LogP contribution in [0.2, 0.25) is 0 Å². The van der Waals surface area contributed by atoms with Gasteiger partial charge in [-0.1, -0.05) is 45.1 Å². The molecule has 0 bridgehead atoms. The monoisotopic (exact) mass is 166 g/mol. The summed E-state index contributed by atoms with van der Waals surface area (Å²) in [7, 11) is 0. The van der Waals surface area contributed by atoms with Crippen LogP contribution in [0.1, 0.15) is 47.0 Å². The highest BCUT2D eigenvalue weighted by Crippen LogP contribution is 2.28. The van der Waals surface area contributed by atoms with Crippen LogP contribution in [-0.2, 0) is 0 Å². The molecule has 12 heavy (non-hydrogen) atoms. The maximum absolute atomic E-state index is 2.35. The van der Waals surface area contributed by atoms with Crippen molar-refractivity contribution in [2.75, 3.05) is 0 Å². The summed E-state index contributed by atoms with van der Waals surface area (Å²) in [6.45, 7) is 8.84. The van der Waals surface area contributed by atoms with Gasteiger partial charge < -0.3 is 0 Å². The van der Waals surface area contributed by atoms with Crippen LogP contribution in [0.15, 0.2) is 24.3 Å². The summed E-state index contributed by atoms with van der Waals surface area (Å²) in [6.07, 6.45) is 12.5. The van der Waals surface area contributed by atoms with Crippen molar-refractivity contribution in [1.29, 1.82) is 0 Å². The predicted molar refractivity (Wildman–Crippen MR) is 57.3 cm³/mol. The van der Waals surface area contributed by atoms with Crippen LogP contribution in [0.25, 0.3) is 0 Å². The highest BCUT2D eigenvalue weighted by molar-refractivity contribution is 5.00. The maximum Gasteiger partial charge on any atom is -0.0115 e. The Labute approximate surface area is 77.4 Å². The first-order valence-electron chi connectivity index (χ1n) is 4.97. The molecule has 0 nitrogen and oxygen atoms in total. The van der Waals surface area contributed by atoms with Gasteiger partial charge in [-0.05, 0) is 31.6 Å². The fraction of sp³-hybridized carbons (Fsp3) is 0.667. The van der Waals surface area contributed by atoms with Crippen molar-refractivity contribution in [3.63, 3.8) is 0 Å². The van der Waals surface area contributed by atoms with Crippen LogP contribution in [0.4, 0.5) is 0 Å². The van der Waals surface area contributed by atoms with Crippen molar-refractivity contribution in [2.45, 2.75) is 47.0 Å². The minimum Gasteiger partial charge on any atom is -0.0916 e. The molecule has 0 aliphatic rings. The zero-order valence-electron chi connectivity index (χ0n) is 8.93. The van der Waals surface area contributed by atoms with Gasteiger partial charge in [0.1, 0.15) is 0 Å². The first-order valence-corrected chi connectivity index (χ1v) is 4.97. The van der Waals surface area contributed by atoms with Gasteiger partial charge in [0, 0.05) is 0 Å². The largest absolute Gasteiger partial charge is 0.0916 e. The van der Waals surface area contributed by atoms with E-state index < -0.39 is 0 Å². The Bertz CT molecular complexity index is 153. The van der Waals surface area contributed by atoms with Gasteiger partial charge in [0.15, 0.2) is 0 Å². The zero-order chi connectivity index (χ0) is 9.45. The molecule has 0 aliphatic carbocycles. The molecule has 0 fully saturated rings. The lowest BCUT2D eigenvalue weighted by molar-refractivity contribution is 0.416. The molecule has 0 aromatic carbocycles. The Morgan fingerprint density at radius 1 is 1.17 bits per heavy atom. The maximum atomic E-state index is 2.35.